The number of nitrogens with one attached hydrogen (secondary N) is 1. The highest BCUT2D eigenvalue weighted by Crippen LogP contribution is 2.31. The molecular formula is C9H7Cl2N3. The molecule has 0 aromatic carbocycles. The number of hydrogen-bond donors (Lipinski definition) is 1. The third-order valence-corrected chi connectivity index (χ3v) is 2.65. The van der Waals surface area contributed by atoms with E-state index in [-0.39, 0.29) is 0 Å². The van der Waals surface area contributed by atoms with Gasteiger partial charge in [0.25, 0.3) is 0 Å². The number of pyridine rings is 1. The van der Waals surface area contributed by atoms with Crippen molar-refractivity contribution in [2.75, 3.05) is 0 Å². The van der Waals surface area contributed by atoms with E-state index in [4.69, 9.17) is 23.2 Å². The lowest BCUT2D eigenvalue weighted by Gasteiger charge is -1.98. The molecule has 14 heavy (non-hydrogen) atoms. The summed E-state index contributed by atoms with van der Waals surface area (Å²) >= 11 is 12.0. The van der Waals surface area contributed by atoms with Crippen LogP contribution in [0.4, 0.5) is 0 Å². The molecule has 2 aromatic rings. The fourth-order valence-corrected chi connectivity index (χ4v) is 1.55. The number of aryl methyl sites for hydroxylation is 1. The molecule has 2 rings (SSSR count). The van der Waals surface area contributed by atoms with Crippen molar-refractivity contribution >= 4 is 23.2 Å². The van der Waals surface area contributed by atoms with Gasteiger partial charge in [0.1, 0.15) is 10.8 Å². The maximum Gasteiger partial charge on any atom is 0.138 e. The molecular weight excluding hydrogens is 221 g/mol. The van der Waals surface area contributed by atoms with Crippen molar-refractivity contribution in [2.45, 2.75) is 6.92 Å². The Morgan fingerprint density at radius 2 is 2.14 bits per heavy atom. The summed E-state index contributed by atoms with van der Waals surface area (Å²) in [5.41, 5.74) is 2.20. The Balaban J connectivity index is 2.60. The van der Waals surface area contributed by atoms with Crippen molar-refractivity contribution in [3.8, 4) is 11.3 Å². The quantitative estimate of drug-likeness (QED) is 0.762. The molecule has 0 amide bonds. The van der Waals surface area contributed by atoms with Crippen molar-refractivity contribution in [1.82, 2.24) is 15.2 Å². The van der Waals surface area contributed by atoms with Gasteiger partial charge in [-0.2, -0.15) is 5.10 Å². The van der Waals surface area contributed by atoms with Gasteiger partial charge >= 0.3 is 0 Å². The molecule has 0 fully saturated rings. The van der Waals surface area contributed by atoms with E-state index in [9.17, 15) is 0 Å². The Labute approximate surface area is 91.1 Å². The van der Waals surface area contributed by atoms with Gasteiger partial charge in [-0.3, -0.25) is 5.10 Å². The van der Waals surface area contributed by atoms with E-state index in [0.29, 0.717) is 15.9 Å². The molecule has 0 radical (unpaired) electrons. The standard InChI is InChI=1S/C9H7Cl2N3/c1-5-7(10)8(14-13-5)6-3-2-4-12-9(6)11/h2-4H,1H3,(H,13,14). The minimum absolute atomic E-state index is 0.404. The van der Waals surface area contributed by atoms with Crippen molar-refractivity contribution in [3.63, 3.8) is 0 Å². The number of aromatic amines is 1. The van der Waals surface area contributed by atoms with Crippen LogP contribution in [-0.2, 0) is 0 Å². The molecule has 2 heterocycles. The first-order valence-corrected chi connectivity index (χ1v) is 4.77. The maximum absolute atomic E-state index is 6.04. The molecule has 0 saturated heterocycles. The van der Waals surface area contributed by atoms with Gasteiger partial charge in [-0.25, -0.2) is 4.98 Å². The molecule has 3 nitrogen and oxygen atoms in total. The van der Waals surface area contributed by atoms with Crippen LogP contribution in [-0.4, -0.2) is 15.2 Å². The van der Waals surface area contributed by atoms with Gasteiger partial charge in [0.2, 0.25) is 0 Å². The van der Waals surface area contributed by atoms with Gasteiger partial charge in [-0.15, -0.1) is 0 Å². The average molecular weight is 228 g/mol. The molecule has 0 aliphatic heterocycles. The summed E-state index contributed by atoms with van der Waals surface area (Å²) in [6.07, 6.45) is 1.62. The predicted octanol–water partition coefficient (Wildman–Crippen LogP) is 3.09. The van der Waals surface area contributed by atoms with Gasteiger partial charge in [0, 0.05) is 11.8 Å². The molecule has 0 aliphatic rings. The summed E-state index contributed by atoms with van der Waals surface area (Å²) in [4.78, 5) is 3.96. The second-order valence-electron chi connectivity index (χ2n) is 2.85. The second-order valence-corrected chi connectivity index (χ2v) is 3.59. The van der Waals surface area contributed by atoms with E-state index < -0.39 is 0 Å². The molecule has 0 saturated carbocycles. The fourth-order valence-electron chi connectivity index (χ4n) is 1.16. The van der Waals surface area contributed by atoms with Gasteiger partial charge in [0.15, 0.2) is 0 Å². The summed E-state index contributed by atoms with van der Waals surface area (Å²) in [5, 5.41) is 7.85. The van der Waals surface area contributed by atoms with Crippen molar-refractivity contribution in [2.24, 2.45) is 0 Å². The van der Waals surface area contributed by atoms with Crippen molar-refractivity contribution < 1.29 is 0 Å². The van der Waals surface area contributed by atoms with E-state index in [2.05, 4.69) is 15.2 Å². The van der Waals surface area contributed by atoms with Crippen LogP contribution in [0.3, 0.4) is 0 Å². The molecule has 72 valence electrons. The molecule has 5 heteroatoms. The highest BCUT2D eigenvalue weighted by Gasteiger charge is 2.12. The lowest BCUT2D eigenvalue weighted by Crippen LogP contribution is -1.83. The largest absolute Gasteiger partial charge is 0.281 e. The first kappa shape index (κ1) is 9.49. The first-order valence-electron chi connectivity index (χ1n) is 4.01. The van der Waals surface area contributed by atoms with E-state index in [0.717, 1.165) is 11.3 Å². The fraction of sp³-hybridized carbons (Fsp3) is 0.111. The highest BCUT2D eigenvalue weighted by atomic mass is 35.5. The van der Waals surface area contributed by atoms with E-state index >= 15 is 0 Å². The van der Waals surface area contributed by atoms with E-state index in [1.54, 1.807) is 12.3 Å². The number of halogens is 2. The number of nitrogens with zero attached hydrogens (tertiary/aromatic N) is 2. The topological polar surface area (TPSA) is 41.6 Å². The van der Waals surface area contributed by atoms with Gasteiger partial charge in [0.05, 0.1) is 10.7 Å². The Hall–Kier alpha value is -1.06. The molecule has 0 spiro atoms. The minimum Gasteiger partial charge on any atom is -0.281 e. The Morgan fingerprint density at radius 1 is 1.36 bits per heavy atom. The first-order chi connectivity index (χ1) is 6.70. The van der Waals surface area contributed by atoms with Crippen LogP contribution in [0.1, 0.15) is 5.69 Å². The Bertz CT molecular complexity index is 465. The van der Waals surface area contributed by atoms with Gasteiger partial charge in [-0.1, -0.05) is 23.2 Å². The number of H-pyrrole nitrogens is 1. The summed E-state index contributed by atoms with van der Waals surface area (Å²) in [6, 6.07) is 3.62. The van der Waals surface area contributed by atoms with Crippen LogP contribution in [0.15, 0.2) is 18.3 Å². The molecule has 0 atom stereocenters. The number of hydrogen-bond acceptors (Lipinski definition) is 2. The third kappa shape index (κ3) is 1.49. The highest BCUT2D eigenvalue weighted by molar-refractivity contribution is 6.35. The molecule has 0 aliphatic carbocycles. The molecule has 0 bridgehead atoms. The van der Waals surface area contributed by atoms with Gasteiger partial charge in [-0.05, 0) is 19.1 Å². The predicted molar refractivity (Wildman–Crippen MR) is 56.6 cm³/mol. The summed E-state index contributed by atoms with van der Waals surface area (Å²) in [7, 11) is 0. The molecule has 1 N–H and O–H groups in total. The molecule has 0 unspecified atom stereocenters. The Morgan fingerprint density at radius 3 is 2.71 bits per heavy atom. The zero-order valence-electron chi connectivity index (χ0n) is 7.38. The van der Waals surface area contributed by atoms with Crippen LogP contribution in [0.5, 0.6) is 0 Å². The number of aromatic nitrogens is 3. The van der Waals surface area contributed by atoms with Crippen molar-refractivity contribution in [3.05, 3.63) is 34.2 Å². The smallest absolute Gasteiger partial charge is 0.138 e. The Kier molecular flexibility index (Phi) is 2.44. The van der Waals surface area contributed by atoms with Crippen molar-refractivity contribution in [1.29, 1.82) is 0 Å². The van der Waals surface area contributed by atoms with Crippen LogP contribution in [0.2, 0.25) is 10.2 Å². The molecule has 2 aromatic heterocycles. The van der Waals surface area contributed by atoms with Gasteiger partial charge < -0.3 is 0 Å². The zero-order valence-corrected chi connectivity index (χ0v) is 8.89. The third-order valence-electron chi connectivity index (χ3n) is 1.89. The average Bonchev–Trinajstić information content (AvgIpc) is 2.49. The van der Waals surface area contributed by atoms with Crippen LogP contribution in [0, 0.1) is 6.92 Å². The second kappa shape index (κ2) is 3.59. The van der Waals surface area contributed by atoms with Crippen LogP contribution < -0.4 is 0 Å². The lowest BCUT2D eigenvalue weighted by atomic mass is 10.2. The summed E-state index contributed by atoms with van der Waals surface area (Å²) < 4.78 is 0. The lowest BCUT2D eigenvalue weighted by molar-refractivity contribution is 1.05. The van der Waals surface area contributed by atoms with Crippen LogP contribution in [0.25, 0.3) is 11.3 Å². The van der Waals surface area contributed by atoms with E-state index in [1.807, 2.05) is 13.0 Å². The SMILES string of the molecule is Cc1[nH]nc(-c2cccnc2Cl)c1Cl. The van der Waals surface area contributed by atoms with E-state index in [1.165, 1.54) is 0 Å². The maximum atomic E-state index is 6.04. The zero-order chi connectivity index (χ0) is 10.1. The summed E-state index contributed by atoms with van der Waals surface area (Å²) in [6.45, 7) is 1.85. The normalized spacial score (nSPS) is 10.5. The van der Waals surface area contributed by atoms with Crippen LogP contribution >= 0.6 is 23.2 Å². The minimum atomic E-state index is 0.404. The number of rotatable bonds is 1. The summed E-state index contributed by atoms with van der Waals surface area (Å²) in [5.74, 6) is 0. The monoisotopic (exact) mass is 227 g/mol.